The van der Waals surface area contributed by atoms with Crippen LogP contribution in [0.3, 0.4) is 0 Å². The van der Waals surface area contributed by atoms with Crippen LogP contribution < -0.4 is 5.32 Å². The van der Waals surface area contributed by atoms with Gasteiger partial charge >= 0.3 is 5.97 Å². The SMILES string of the molecule is Cc1nccnc1C(C)NC(=O)C1(C(=O)O)CCCCCC1. The molecule has 1 fully saturated rings. The lowest BCUT2D eigenvalue weighted by Crippen LogP contribution is -2.47. The van der Waals surface area contributed by atoms with Crippen molar-refractivity contribution < 1.29 is 14.7 Å². The second-order valence-electron chi connectivity index (χ2n) is 6.02. The summed E-state index contributed by atoms with van der Waals surface area (Å²) in [7, 11) is 0. The van der Waals surface area contributed by atoms with Crippen molar-refractivity contribution in [1.29, 1.82) is 0 Å². The normalized spacial score (nSPS) is 19.0. The van der Waals surface area contributed by atoms with Gasteiger partial charge < -0.3 is 10.4 Å². The van der Waals surface area contributed by atoms with Crippen LogP contribution in [0.4, 0.5) is 0 Å². The highest BCUT2D eigenvalue weighted by molar-refractivity contribution is 6.02. The molecule has 1 saturated carbocycles. The summed E-state index contributed by atoms with van der Waals surface area (Å²) in [6.07, 6.45) is 7.50. The zero-order valence-corrected chi connectivity index (χ0v) is 13.1. The van der Waals surface area contributed by atoms with Gasteiger partial charge in [-0.15, -0.1) is 0 Å². The topological polar surface area (TPSA) is 92.2 Å². The zero-order chi connectivity index (χ0) is 16.2. The highest BCUT2D eigenvalue weighted by atomic mass is 16.4. The Morgan fingerprint density at radius 1 is 1.18 bits per heavy atom. The molecule has 0 spiro atoms. The summed E-state index contributed by atoms with van der Waals surface area (Å²) in [4.78, 5) is 32.8. The Morgan fingerprint density at radius 2 is 1.77 bits per heavy atom. The molecule has 1 aromatic heterocycles. The fourth-order valence-corrected chi connectivity index (χ4v) is 3.12. The van der Waals surface area contributed by atoms with Gasteiger partial charge in [0.05, 0.1) is 17.4 Å². The van der Waals surface area contributed by atoms with E-state index in [0.717, 1.165) is 31.4 Å². The van der Waals surface area contributed by atoms with Crippen LogP contribution in [-0.2, 0) is 9.59 Å². The summed E-state index contributed by atoms with van der Waals surface area (Å²) in [6, 6.07) is -0.360. The molecule has 6 heteroatoms. The average Bonchev–Trinajstić information content (AvgIpc) is 2.74. The molecule has 1 heterocycles. The minimum Gasteiger partial charge on any atom is -0.480 e. The maximum atomic E-state index is 12.7. The molecule has 1 amide bonds. The molecular formula is C16H23N3O3. The molecule has 22 heavy (non-hydrogen) atoms. The van der Waals surface area contributed by atoms with Gasteiger partial charge in [-0.25, -0.2) is 0 Å². The van der Waals surface area contributed by atoms with E-state index in [-0.39, 0.29) is 6.04 Å². The van der Waals surface area contributed by atoms with Gasteiger partial charge in [0.25, 0.3) is 0 Å². The fraction of sp³-hybridized carbons (Fsp3) is 0.625. The Labute approximate surface area is 130 Å². The minimum atomic E-state index is -1.30. The van der Waals surface area contributed by atoms with Gasteiger partial charge in [0.15, 0.2) is 0 Å². The number of carbonyl (C=O) groups is 2. The highest BCUT2D eigenvalue weighted by Crippen LogP contribution is 2.36. The van der Waals surface area contributed by atoms with Crippen molar-refractivity contribution in [1.82, 2.24) is 15.3 Å². The van der Waals surface area contributed by atoms with Crippen molar-refractivity contribution in [3.63, 3.8) is 0 Å². The van der Waals surface area contributed by atoms with Crippen molar-refractivity contribution in [3.05, 3.63) is 23.8 Å². The van der Waals surface area contributed by atoms with Crippen LogP contribution >= 0.6 is 0 Å². The predicted octanol–water partition coefficient (Wildman–Crippen LogP) is 2.39. The first-order chi connectivity index (χ1) is 10.5. The second kappa shape index (κ2) is 6.85. The van der Waals surface area contributed by atoms with Gasteiger partial charge in [0.2, 0.25) is 5.91 Å². The van der Waals surface area contributed by atoms with E-state index < -0.39 is 17.3 Å². The van der Waals surface area contributed by atoms with E-state index in [9.17, 15) is 14.7 Å². The molecule has 1 aliphatic rings. The van der Waals surface area contributed by atoms with E-state index in [4.69, 9.17) is 0 Å². The van der Waals surface area contributed by atoms with Crippen molar-refractivity contribution in [2.45, 2.75) is 58.4 Å². The molecule has 6 nitrogen and oxygen atoms in total. The van der Waals surface area contributed by atoms with Crippen LogP contribution in [0.1, 0.15) is 62.9 Å². The van der Waals surface area contributed by atoms with Crippen LogP contribution in [0, 0.1) is 12.3 Å². The van der Waals surface area contributed by atoms with Crippen LogP contribution in [0.5, 0.6) is 0 Å². The molecule has 0 aromatic carbocycles. The average molecular weight is 305 g/mol. The lowest BCUT2D eigenvalue weighted by Gasteiger charge is -2.28. The Kier molecular flexibility index (Phi) is 5.11. The number of aromatic nitrogens is 2. The number of carbonyl (C=O) groups excluding carboxylic acids is 1. The van der Waals surface area contributed by atoms with Crippen molar-refractivity contribution in [2.24, 2.45) is 5.41 Å². The van der Waals surface area contributed by atoms with Gasteiger partial charge in [-0.2, -0.15) is 0 Å². The molecule has 2 N–H and O–H groups in total. The second-order valence-corrected chi connectivity index (χ2v) is 6.02. The molecule has 2 rings (SSSR count). The smallest absolute Gasteiger partial charge is 0.319 e. The van der Waals surface area contributed by atoms with Gasteiger partial charge in [-0.1, -0.05) is 25.7 Å². The third-order valence-electron chi connectivity index (χ3n) is 4.48. The van der Waals surface area contributed by atoms with Crippen molar-refractivity contribution >= 4 is 11.9 Å². The molecule has 1 atom stereocenters. The largest absolute Gasteiger partial charge is 0.480 e. The van der Waals surface area contributed by atoms with E-state index in [1.54, 1.807) is 19.3 Å². The van der Waals surface area contributed by atoms with Gasteiger partial charge in [0.1, 0.15) is 5.41 Å². The number of aliphatic carboxylic acids is 1. The predicted molar refractivity (Wildman–Crippen MR) is 81.1 cm³/mol. The third kappa shape index (κ3) is 3.26. The molecule has 1 aliphatic carbocycles. The number of rotatable bonds is 4. The number of carboxylic acid groups (broad SMARTS) is 1. The van der Waals surface area contributed by atoms with Gasteiger partial charge in [0, 0.05) is 12.4 Å². The van der Waals surface area contributed by atoms with E-state index >= 15 is 0 Å². The van der Waals surface area contributed by atoms with Crippen molar-refractivity contribution in [3.8, 4) is 0 Å². The maximum absolute atomic E-state index is 12.7. The number of amides is 1. The molecule has 0 saturated heterocycles. The van der Waals surface area contributed by atoms with Crippen LogP contribution in [0.25, 0.3) is 0 Å². The lowest BCUT2D eigenvalue weighted by atomic mass is 9.79. The summed E-state index contributed by atoms with van der Waals surface area (Å²) in [5.74, 6) is -1.42. The standard InChI is InChI=1S/C16H23N3O3/c1-11-13(18-10-9-17-11)12(2)19-14(20)16(15(21)22)7-5-3-4-6-8-16/h9-10,12H,3-8H2,1-2H3,(H,19,20)(H,21,22). The molecule has 1 unspecified atom stereocenters. The summed E-state index contributed by atoms with van der Waals surface area (Å²) in [6.45, 7) is 3.63. The van der Waals surface area contributed by atoms with Gasteiger partial charge in [-0.05, 0) is 26.7 Å². The number of aryl methyl sites for hydroxylation is 1. The molecule has 0 radical (unpaired) electrons. The van der Waals surface area contributed by atoms with Gasteiger partial charge in [-0.3, -0.25) is 19.6 Å². The first kappa shape index (κ1) is 16.4. The maximum Gasteiger partial charge on any atom is 0.319 e. The number of nitrogens with one attached hydrogen (secondary N) is 1. The summed E-state index contributed by atoms with van der Waals surface area (Å²) >= 11 is 0. The Balaban J connectivity index is 2.18. The van der Waals surface area contributed by atoms with Crippen LogP contribution in [0.15, 0.2) is 12.4 Å². The zero-order valence-electron chi connectivity index (χ0n) is 13.1. The molecule has 0 aliphatic heterocycles. The van der Waals surface area contributed by atoms with E-state index in [2.05, 4.69) is 15.3 Å². The highest BCUT2D eigenvalue weighted by Gasteiger charge is 2.46. The number of nitrogens with zero attached hydrogens (tertiary/aromatic N) is 2. The number of hydrogen-bond acceptors (Lipinski definition) is 4. The summed E-state index contributed by atoms with van der Waals surface area (Å²) in [5.41, 5.74) is 0.103. The summed E-state index contributed by atoms with van der Waals surface area (Å²) < 4.78 is 0. The Bertz CT molecular complexity index is 551. The first-order valence-electron chi connectivity index (χ1n) is 7.79. The molecular weight excluding hydrogens is 282 g/mol. The summed E-state index contributed by atoms with van der Waals surface area (Å²) in [5, 5.41) is 12.5. The van der Waals surface area contributed by atoms with E-state index in [1.807, 2.05) is 6.92 Å². The Morgan fingerprint density at radius 3 is 2.32 bits per heavy atom. The van der Waals surface area contributed by atoms with E-state index in [0.29, 0.717) is 18.5 Å². The number of hydrogen-bond donors (Lipinski definition) is 2. The van der Waals surface area contributed by atoms with Crippen LogP contribution in [-0.4, -0.2) is 27.0 Å². The minimum absolute atomic E-state index is 0.360. The quantitative estimate of drug-likeness (QED) is 0.658. The fourth-order valence-electron chi connectivity index (χ4n) is 3.12. The Hall–Kier alpha value is -1.98. The molecule has 120 valence electrons. The molecule has 1 aromatic rings. The monoisotopic (exact) mass is 305 g/mol. The molecule has 0 bridgehead atoms. The van der Waals surface area contributed by atoms with Crippen LogP contribution in [0.2, 0.25) is 0 Å². The first-order valence-corrected chi connectivity index (χ1v) is 7.79. The van der Waals surface area contributed by atoms with E-state index in [1.165, 1.54) is 0 Å². The lowest BCUT2D eigenvalue weighted by molar-refractivity contribution is -0.157. The van der Waals surface area contributed by atoms with Crippen molar-refractivity contribution in [2.75, 3.05) is 0 Å². The number of carboxylic acids is 1. The third-order valence-corrected chi connectivity index (χ3v) is 4.48.